The van der Waals surface area contributed by atoms with Gasteiger partial charge in [0.25, 0.3) is 0 Å². The molecule has 0 spiro atoms. The van der Waals surface area contributed by atoms with E-state index in [0.717, 1.165) is 35.7 Å². The minimum absolute atomic E-state index is 0.486. The van der Waals surface area contributed by atoms with E-state index >= 15 is 0 Å². The number of nitrogens with one attached hydrogen (secondary N) is 1. The van der Waals surface area contributed by atoms with Crippen molar-refractivity contribution in [1.82, 2.24) is 9.88 Å². The lowest BCUT2D eigenvalue weighted by Crippen LogP contribution is -2.30. The molecule has 2 fully saturated rings. The van der Waals surface area contributed by atoms with Crippen molar-refractivity contribution >= 4 is 49.3 Å². The minimum atomic E-state index is 0.486. The van der Waals surface area contributed by atoms with Crippen molar-refractivity contribution < 1.29 is 0 Å². The third-order valence-corrected chi connectivity index (χ3v) is 9.27. The molecule has 4 nitrogen and oxygen atoms in total. The summed E-state index contributed by atoms with van der Waals surface area (Å²) in [7, 11) is 0. The first kappa shape index (κ1) is 20.5. The molecule has 4 aromatic rings. The van der Waals surface area contributed by atoms with Crippen molar-refractivity contribution in [2.75, 3.05) is 11.9 Å². The minimum Gasteiger partial charge on any atom is -0.361 e. The van der Waals surface area contributed by atoms with Gasteiger partial charge in [-0.05, 0) is 60.6 Å². The fraction of sp³-hybridized carbons (Fsp3) is 0.286. The van der Waals surface area contributed by atoms with Gasteiger partial charge in [0.05, 0.1) is 21.9 Å². The quantitative estimate of drug-likeness (QED) is 0.327. The standard InChI is InChI=1S/C28H26N4S2/c1-3-9-21-19(8-1)17-25-26(21)32(20-13-14-20)28(34-25)31-22-10-4-2-7-18(22)15-16-29-27-30-23-11-5-6-12-24(23)33-27/h1-12,20,25-26H,13-17H2,(H,29,30)/b31-28+/t25?,26-/m0/s1. The first-order valence-electron chi connectivity index (χ1n) is 12.1. The van der Waals surface area contributed by atoms with Crippen LogP contribution in [0.1, 0.15) is 35.6 Å². The normalized spacial score (nSPS) is 22.4. The maximum atomic E-state index is 5.28. The average molecular weight is 483 g/mol. The Labute approximate surface area is 208 Å². The zero-order valence-electron chi connectivity index (χ0n) is 18.9. The molecule has 1 unspecified atom stereocenters. The fourth-order valence-electron chi connectivity index (χ4n) is 5.29. The van der Waals surface area contributed by atoms with Crippen LogP contribution in [0.2, 0.25) is 0 Å². The van der Waals surface area contributed by atoms with E-state index in [-0.39, 0.29) is 0 Å². The van der Waals surface area contributed by atoms with Crippen LogP contribution in [0.3, 0.4) is 0 Å². The zero-order chi connectivity index (χ0) is 22.5. The van der Waals surface area contributed by atoms with Gasteiger partial charge in [-0.1, -0.05) is 77.7 Å². The molecule has 1 aliphatic heterocycles. The fourth-order valence-corrected chi connectivity index (χ4v) is 7.66. The van der Waals surface area contributed by atoms with Crippen LogP contribution in [0.4, 0.5) is 10.8 Å². The molecule has 1 aromatic heterocycles. The van der Waals surface area contributed by atoms with Crippen molar-refractivity contribution in [3.8, 4) is 0 Å². The van der Waals surface area contributed by atoms with Gasteiger partial charge in [-0.25, -0.2) is 9.98 Å². The van der Waals surface area contributed by atoms with Gasteiger partial charge >= 0.3 is 0 Å². The molecule has 3 aliphatic rings. The Morgan fingerprint density at radius 3 is 2.71 bits per heavy atom. The molecule has 0 amide bonds. The maximum absolute atomic E-state index is 5.28. The summed E-state index contributed by atoms with van der Waals surface area (Å²) < 4.78 is 1.22. The van der Waals surface area contributed by atoms with Crippen molar-refractivity contribution in [3.05, 3.63) is 89.5 Å². The van der Waals surface area contributed by atoms with E-state index in [0.29, 0.717) is 17.3 Å². The number of amidine groups is 1. The molecular weight excluding hydrogens is 456 g/mol. The number of aliphatic imine (C=N–C) groups is 1. The molecule has 2 atom stereocenters. The van der Waals surface area contributed by atoms with Crippen LogP contribution in [-0.2, 0) is 12.8 Å². The van der Waals surface area contributed by atoms with Gasteiger partial charge in [0, 0.05) is 17.8 Å². The Kier molecular flexibility index (Phi) is 5.09. The molecule has 34 heavy (non-hydrogen) atoms. The predicted molar refractivity (Wildman–Crippen MR) is 144 cm³/mol. The first-order chi connectivity index (χ1) is 16.8. The number of fused-ring (bicyclic) bond motifs is 4. The number of para-hydroxylation sites is 2. The van der Waals surface area contributed by atoms with Gasteiger partial charge in [0.1, 0.15) is 0 Å². The number of benzene rings is 3. The van der Waals surface area contributed by atoms with Crippen molar-refractivity contribution in [2.24, 2.45) is 4.99 Å². The first-order valence-corrected chi connectivity index (χ1v) is 13.8. The third-order valence-electron chi connectivity index (χ3n) is 7.04. The van der Waals surface area contributed by atoms with Crippen molar-refractivity contribution in [1.29, 1.82) is 0 Å². The summed E-state index contributed by atoms with van der Waals surface area (Å²) in [5.74, 6) is 0. The van der Waals surface area contributed by atoms with Crippen LogP contribution in [-0.4, -0.2) is 32.9 Å². The monoisotopic (exact) mass is 482 g/mol. The summed E-state index contributed by atoms with van der Waals surface area (Å²) in [5.41, 5.74) is 6.50. The Hall–Kier alpha value is -2.83. The lowest BCUT2D eigenvalue weighted by molar-refractivity contribution is 0.330. The zero-order valence-corrected chi connectivity index (χ0v) is 20.5. The summed E-state index contributed by atoms with van der Waals surface area (Å²) in [4.78, 5) is 12.6. The lowest BCUT2D eigenvalue weighted by atomic mass is 10.1. The van der Waals surface area contributed by atoms with E-state index in [1.165, 1.54) is 39.4 Å². The van der Waals surface area contributed by atoms with E-state index in [1.807, 2.05) is 17.8 Å². The van der Waals surface area contributed by atoms with Gasteiger partial charge in [0.15, 0.2) is 10.3 Å². The second-order valence-corrected chi connectivity index (χ2v) is 11.6. The molecule has 3 aromatic carbocycles. The molecule has 0 bridgehead atoms. The SMILES string of the molecule is c1ccc(/N=C2/SC3Cc4ccccc4[C@@H]3N2C2CC2)c(CCNc2nc3ccccc3s2)c1. The van der Waals surface area contributed by atoms with Crippen LogP contribution in [0.25, 0.3) is 10.2 Å². The largest absolute Gasteiger partial charge is 0.361 e. The Bertz CT molecular complexity index is 1360. The molecule has 1 N–H and O–H groups in total. The second-order valence-electron chi connectivity index (χ2n) is 9.33. The number of anilines is 1. The molecule has 7 rings (SSSR count). The predicted octanol–water partition coefficient (Wildman–Crippen LogP) is 6.82. The highest BCUT2D eigenvalue weighted by molar-refractivity contribution is 8.14. The summed E-state index contributed by atoms with van der Waals surface area (Å²) in [6.07, 6.45) is 4.66. The van der Waals surface area contributed by atoms with Gasteiger partial charge in [0.2, 0.25) is 0 Å². The molecule has 0 radical (unpaired) electrons. The van der Waals surface area contributed by atoms with Crippen LogP contribution >= 0.6 is 23.1 Å². The molecule has 1 saturated carbocycles. The Balaban J connectivity index is 1.12. The molecule has 170 valence electrons. The molecular formula is C28H26N4S2. The van der Waals surface area contributed by atoms with Crippen molar-refractivity contribution in [3.63, 3.8) is 0 Å². The number of aromatic nitrogens is 1. The van der Waals surface area contributed by atoms with Crippen LogP contribution in [0, 0.1) is 0 Å². The molecule has 6 heteroatoms. The average Bonchev–Trinajstić information content (AvgIpc) is 3.36. The number of thiazole rings is 1. The third kappa shape index (κ3) is 3.69. The second kappa shape index (κ2) is 8.43. The van der Waals surface area contributed by atoms with E-state index in [2.05, 4.69) is 76.9 Å². The number of hydrogen-bond acceptors (Lipinski definition) is 5. The molecule has 1 saturated heterocycles. The van der Waals surface area contributed by atoms with Crippen LogP contribution in [0.5, 0.6) is 0 Å². The number of rotatable bonds is 6. The van der Waals surface area contributed by atoms with E-state index in [9.17, 15) is 0 Å². The Morgan fingerprint density at radius 1 is 0.971 bits per heavy atom. The van der Waals surface area contributed by atoms with Gasteiger partial charge < -0.3 is 10.2 Å². The van der Waals surface area contributed by atoms with E-state index in [4.69, 9.17) is 9.98 Å². The number of thioether (sulfide) groups is 1. The Morgan fingerprint density at radius 2 is 1.79 bits per heavy atom. The van der Waals surface area contributed by atoms with Crippen LogP contribution < -0.4 is 5.32 Å². The highest BCUT2D eigenvalue weighted by atomic mass is 32.2. The highest BCUT2D eigenvalue weighted by Crippen LogP contribution is 2.53. The summed E-state index contributed by atoms with van der Waals surface area (Å²) in [5, 5.41) is 6.32. The number of hydrogen-bond donors (Lipinski definition) is 1. The van der Waals surface area contributed by atoms with Crippen molar-refractivity contribution in [2.45, 2.75) is 43.0 Å². The highest BCUT2D eigenvalue weighted by Gasteiger charge is 2.50. The number of nitrogens with zero attached hydrogens (tertiary/aromatic N) is 3. The molecule has 2 heterocycles. The summed E-state index contributed by atoms with van der Waals surface area (Å²) in [6, 6.07) is 27.1. The summed E-state index contributed by atoms with van der Waals surface area (Å²) in [6.45, 7) is 0.847. The van der Waals surface area contributed by atoms with Gasteiger partial charge in [-0.15, -0.1) is 0 Å². The topological polar surface area (TPSA) is 40.5 Å². The smallest absolute Gasteiger partial charge is 0.183 e. The maximum Gasteiger partial charge on any atom is 0.183 e. The molecule has 2 aliphatic carbocycles. The van der Waals surface area contributed by atoms with E-state index < -0.39 is 0 Å². The van der Waals surface area contributed by atoms with Gasteiger partial charge in [-0.2, -0.15) is 0 Å². The van der Waals surface area contributed by atoms with Crippen LogP contribution in [0.15, 0.2) is 77.8 Å². The van der Waals surface area contributed by atoms with E-state index in [1.54, 1.807) is 11.3 Å². The lowest BCUT2D eigenvalue weighted by Gasteiger charge is -2.26. The van der Waals surface area contributed by atoms with Gasteiger partial charge in [-0.3, -0.25) is 0 Å². The summed E-state index contributed by atoms with van der Waals surface area (Å²) >= 11 is 3.71.